The molecule has 0 aliphatic heterocycles. The number of aromatic nitrogens is 1. The molecule has 5 nitrogen and oxygen atoms in total. The molecule has 39 heavy (non-hydrogen) atoms. The molecule has 0 unspecified atom stereocenters. The Morgan fingerprint density at radius 3 is 2.18 bits per heavy atom. The summed E-state index contributed by atoms with van der Waals surface area (Å²) in [5.41, 5.74) is 5.15. The number of methoxy groups -OCH3 is 1. The molecule has 6 heteroatoms. The van der Waals surface area contributed by atoms with Gasteiger partial charge in [0.25, 0.3) is 0 Å². The van der Waals surface area contributed by atoms with E-state index in [0.29, 0.717) is 35.3 Å². The van der Waals surface area contributed by atoms with Crippen molar-refractivity contribution in [2.75, 3.05) is 7.11 Å². The molecule has 0 radical (unpaired) electrons. The molecule has 0 fully saturated rings. The van der Waals surface area contributed by atoms with Gasteiger partial charge in [-0.15, -0.1) is 11.3 Å². The number of hydrogen-bond donors (Lipinski definition) is 0. The first-order chi connectivity index (χ1) is 19.2. The van der Waals surface area contributed by atoms with Crippen molar-refractivity contribution in [3.05, 3.63) is 130 Å². The SMILES string of the molecule is COc1cccc(-c2csc(C(C#N)=Cc3ccc(OCc4ccccc4)c(OCc4ccccc4)c3)n2)c1. The third-order valence-corrected chi connectivity index (χ3v) is 6.85. The van der Waals surface area contributed by atoms with Crippen LogP contribution in [-0.2, 0) is 13.2 Å². The lowest BCUT2D eigenvalue weighted by Gasteiger charge is -2.14. The third kappa shape index (κ3) is 6.72. The van der Waals surface area contributed by atoms with E-state index in [1.165, 1.54) is 11.3 Å². The highest BCUT2D eigenvalue weighted by Crippen LogP contribution is 2.33. The highest BCUT2D eigenvalue weighted by molar-refractivity contribution is 7.11. The van der Waals surface area contributed by atoms with Crippen LogP contribution in [0.25, 0.3) is 22.9 Å². The van der Waals surface area contributed by atoms with E-state index < -0.39 is 0 Å². The minimum atomic E-state index is 0.400. The molecule has 1 heterocycles. The van der Waals surface area contributed by atoms with E-state index in [4.69, 9.17) is 19.2 Å². The predicted octanol–water partition coefficient (Wildman–Crippen LogP) is 8.04. The van der Waals surface area contributed by atoms with Gasteiger partial charge in [-0.3, -0.25) is 0 Å². The molecular formula is C33H26N2O3S. The molecule has 0 aliphatic rings. The summed E-state index contributed by atoms with van der Waals surface area (Å²) in [5, 5.41) is 12.6. The summed E-state index contributed by atoms with van der Waals surface area (Å²) >= 11 is 1.43. The molecule has 4 aromatic carbocycles. The van der Waals surface area contributed by atoms with E-state index in [0.717, 1.165) is 33.7 Å². The Labute approximate surface area is 232 Å². The first-order valence-corrected chi connectivity index (χ1v) is 13.3. The number of nitriles is 1. The molecule has 5 rings (SSSR count). The summed E-state index contributed by atoms with van der Waals surface area (Å²) in [5.74, 6) is 2.01. The van der Waals surface area contributed by atoms with Gasteiger partial charge in [0.15, 0.2) is 11.5 Å². The molecule has 1 aromatic heterocycles. The second-order valence-corrected chi connectivity index (χ2v) is 9.55. The van der Waals surface area contributed by atoms with E-state index >= 15 is 0 Å². The molecular weight excluding hydrogens is 504 g/mol. The van der Waals surface area contributed by atoms with Crippen LogP contribution in [0.1, 0.15) is 21.7 Å². The van der Waals surface area contributed by atoms with Gasteiger partial charge in [0.2, 0.25) is 0 Å². The lowest BCUT2D eigenvalue weighted by molar-refractivity contribution is 0.256. The monoisotopic (exact) mass is 530 g/mol. The average Bonchev–Trinajstić information content (AvgIpc) is 3.49. The molecule has 0 bridgehead atoms. The lowest BCUT2D eigenvalue weighted by atomic mass is 10.1. The van der Waals surface area contributed by atoms with Crippen molar-refractivity contribution in [2.24, 2.45) is 0 Å². The smallest absolute Gasteiger partial charge is 0.162 e. The zero-order chi connectivity index (χ0) is 26.9. The molecule has 0 saturated heterocycles. The quantitative estimate of drug-likeness (QED) is 0.171. The molecule has 0 N–H and O–H groups in total. The third-order valence-electron chi connectivity index (χ3n) is 5.97. The molecule has 5 aromatic rings. The fourth-order valence-electron chi connectivity index (χ4n) is 3.94. The maximum atomic E-state index is 9.96. The second-order valence-electron chi connectivity index (χ2n) is 8.69. The highest BCUT2D eigenvalue weighted by atomic mass is 32.1. The van der Waals surface area contributed by atoms with Crippen LogP contribution in [0.3, 0.4) is 0 Å². The Bertz CT molecular complexity index is 1610. The molecule has 0 amide bonds. The second kappa shape index (κ2) is 12.6. The summed E-state index contributed by atoms with van der Waals surface area (Å²) in [7, 11) is 1.64. The van der Waals surface area contributed by atoms with Gasteiger partial charge >= 0.3 is 0 Å². The van der Waals surface area contributed by atoms with Crippen LogP contribution in [-0.4, -0.2) is 12.1 Å². The van der Waals surface area contributed by atoms with E-state index in [9.17, 15) is 5.26 Å². The maximum Gasteiger partial charge on any atom is 0.162 e. The zero-order valence-corrected chi connectivity index (χ0v) is 22.2. The zero-order valence-electron chi connectivity index (χ0n) is 21.4. The van der Waals surface area contributed by atoms with E-state index in [-0.39, 0.29) is 0 Å². The minimum absolute atomic E-state index is 0.400. The summed E-state index contributed by atoms with van der Waals surface area (Å²) in [4.78, 5) is 4.72. The van der Waals surface area contributed by atoms with Gasteiger partial charge in [0, 0.05) is 10.9 Å². The van der Waals surface area contributed by atoms with Crippen LogP contribution < -0.4 is 14.2 Å². The maximum absolute atomic E-state index is 9.96. The fraction of sp³-hybridized carbons (Fsp3) is 0.0909. The number of allylic oxidation sites excluding steroid dienone is 1. The van der Waals surface area contributed by atoms with Crippen molar-refractivity contribution in [1.29, 1.82) is 5.26 Å². The van der Waals surface area contributed by atoms with Crippen LogP contribution in [0.4, 0.5) is 0 Å². The molecule has 192 valence electrons. The summed E-state index contributed by atoms with van der Waals surface area (Å²) < 4.78 is 17.6. The molecule has 0 saturated carbocycles. The Morgan fingerprint density at radius 1 is 0.821 bits per heavy atom. The lowest BCUT2D eigenvalue weighted by Crippen LogP contribution is -2.01. The van der Waals surface area contributed by atoms with Gasteiger partial charge in [-0.25, -0.2) is 4.98 Å². The largest absolute Gasteiger partial charge is 0.497 e. The highest BCUT2D eigenvalue weighted by Gasteiger charge is 2.12. The molecule has 0 spiro atoms. The van der Waals surface area contributed by atoms with Crippen molar-refractivity contribution in [3.63, 3.8) is 0 Å². The van der Waals surface area contributed by atoms with Crippen LogP contribution in [0.15, 0.2) is 109 Å². The first-order valence-electron chi connectivity index (χ1n) is 12.4. The van der Waals surface area contributed by atoms with Crippen LogP contribution >= 0.6 is 11.3 Å². The Morgan fingerprint density at radius 2 is 1.51 bits per heavy atom. The van der Waals surface area contributed by atoms with Gasteiger partial charge < -0.3 is 14.2 Å². The van der Waals surface area contributed by atoms with Gasteiger partial charge in [0.05, 0.1) is 18.4 Å². The first kappa shape index (κ1) is 25.8. The van der Waals surface area contributed by atoms with Crippen LogP contribution in [0.2, 0.25) is 0 Å². The average molecular weight is 531 g/mol. The molecule has 0 atom stereocenters. The number of thiazole rings is 1. The van der Waals surface area contributed by atoms with Crippen LogP contribution in [0.5, 0.6) is 17.2 Å². The summed E-state index contributed by atoms with van der Waals surface area (Å²) in [6.07, 6.45) is 1.82. The summed E-state index contributed by atoms with van der Waals surface area (Å²) in [6.45, 7) is 0.824. The Hall–Kier alpha value is -4.86. The standard InChI is InChI=1S/C33H26N2O3S/c1-36-29-14-8-13-27(19-29)30-23-39-33(35-30)28(20-34)17-26-15-16-31(37-21-24-9-4-2-5-10-24)32(18-26)38-22-25-11-6-3-7-12-25/h2-19,23H,21-22H2,1H3. The Balaban J connectivity index is 1.41. The van der Waals surface area contributed by atoms with Crippen molar-refractivity contribution in [3.8, 4) is 34.6 Å². The normalized spacial score (nSPS) is 11.0. The number of benzene rings is 4. The topological polar surface area (TPSA) is 64.4 Å². The van der Waals surface area contributed by atoms with E-state index in [1.54, 1.807) is 7.11 Å². The van der Waals surface area contributed by atoms with E-state index in [1.807, 2.05) is 115 Å². The van der Waals surface area contributed by atoms with Gasteiger partial charge in [-0.2, -0.15) is 5.26 Å². The van der Waals surface area contributed by atoms with Crippen molar-refractivity contribution >= 4 is 23.0 Å². The van der Waals surface area contributed by atoms with Crippen molar-refractivity contribution < 1.29 is 14.2 Å². The number of rotatable bonds is 10. The minimum Gasteiger partial charge on any atom is -0.497 e. The summed E-state index contributed by atoms with van der Waals surface area (Å²) in [6, 6.07) is 35.7. The Kier molecular flexibility index (Phi) is 8.32. The van der Waals surface area contributed by atoms with Gasteiger partial charge in [-0.1, -0.05) is 78.9 Å². The van der Waals surface area contributed by atoms with E-state index in [2.05, 4.69) is 6.07 Å². The van der Waals surface area contributed by atoms with Gasteiger partial charge in [0.1, 0.15) is 30.0 Å². The number of nitrogens with zero attached hydrogens (tertiary/aromatic N) is 2. The molecule has 0 aliphatic carbocycles. The number of ether oxygens (including phenoxy) is 3. The predicted molar refractivity (Wildman–Crippen MR) is 156 cm³/mol. The fourth-order valence-corrected chi connectivity index (χ4v) is 4.73. The van der Waals surface area contributed by atoms with Crippen molar-refractivity contribution in [2.45, 2.75) is 13.2 Å². The number of hydrogen-bond acceptors (Lipinski definition) is 6. The van der Waals surface area contributed by atoms with Crippen LogP contribution in [0, 0.1) is 11.3 Å². The van der Waals surface area contributed by atoms with Gasteiger partial charge in [-0.05, 0) is 47.0 Å². The van der Waals surface area contributed by atoms with Crippen molar-refractivity contribution in [1.82, 2.24) is 4.98 Å².